The maximum atomic E-state index is 6.02. The van der Waals surface area contributed by atoms with Gasteiger partial charge in [-0.2, -0.15) is 11.8 Å². The van der Waals surface area contributed by atoms with E-state index in [1.54, 1.807) is 0 Å². The van der Waals surface area contributed by atoms with Crippen molar-refractivity contribution in [3.8, 4) is 0 Å². The molecule has 2 nitrogen and oxygen atoms in total. The van der Waals surface area contributed by atoms with E-state index in [0.717, 1.165) is 16.6 Å². The van der Waals surface area contributed by atoms with E-state index in [2.05, 4.69) is 66.2 Å². The fourth-order valence-corrected chi connectivity index (χ4v) is 3.49. The third-order valence-electron chi connectivity index (χ3n) is 3.69. The standard InChI is InChI=1S/C15H25BrN2S/c1-5-13(10-19-4)18(3)15(9-17)12-6-7-14(16)11(2)8-12/h6-8,13,15H,5,9-10,17H2,1-4H3. The molecule has 2 atom stereocenters. The zero-order valence-electron chi connectivity index (χ0n) is 12.3. The molecular weight excluding hydrogens is 320 g/mol. The minimum absolute atomic E-state index is 0.295. The molecule has 19 heavy (non-hydrogen) atoms. The molecule has 0 aliphatic rings. The van der Waals surface area contributed by atoms with Crippen molar-refractivity contribution >= 4 is 27.7 Å². The first-order valence-electron chi connectivity index (χ1n) is 6.72. The molecule has 0 fully saturated rings. The number of aryl methyl sites for hydroxylation is 1. The van der Waals surface area contributed by atoms with Gasteiger partial charge in [0.25, 0.3) is 0 Å². The van der Waals surface area contributed by atoms with Crippen LogP contribution in [0.25, 0.3) is 0 Å². The van der Waals surface area contributed by atoms with E-state index in [9.17, 15) is 0 Å². The highest BCUT2D eigenvalue weighted by Crippen LogP contribution is 2.26. The minimum atomic E-state index is 0.295. The van der Waals surface area contributed by atoms with E-state index in [0.29, 0.717) is 18.6 Å². The maximum absolute atomic E-state index is 6.02. The largest absolute Gasteiger partial charge is 0.329 e. The minimum Gasteiger partial charge on any atom is -0.329 e. The monoisotopic (exact) mass is 344 g/mol. The molecule has 0 bridgehead atoms. The number of hydrogen-bond donors (Lipinski definition) is 1. The third-order valence-corrected chi connectivity index (χ3v) is 5.30. The van der Waals surface area contributed by atoms with Gasteiger partial charge >= 0.3 is 0 Å². The van der Waals surface area contributed by atoms with Crippen molar-refractivity contribution in [3.05, 3.63) is 33.8 Å². The molecule has 0 spiro atoms. The Morgan fingerprint density at radius 2 is 2.11 bits per heavy atom. The fraction of sp³-hybridized carbons (Fsp3) is 0.600. The van der Waals surface area contributed by atoms with Gasteiger partial charge in [-0.05, 0) is 43.8 Å². The van der Waals surface area contributed by atoms with Crippen molar-refractivity contribution in [3.63, 3.8) is 0 Å². The van der Waals surface area contributed by atoms with E-state index >= 15 is 0 Å². The number of rotatable bonds is 7. The van der Waals surface area contributed by atoms with Gasteiger partial charge in [-0.15, -0.1) is 0 Å². The predicted molar refractivity (Wildman–Crippen MR) is 90.9 cm³/mol. The molecule has 0 aromatic heterocycles. The zero-order chi connectivity index (χ0) is 14.4. The van der Waals surface area contributed by atoms with E-state index in [1.165, 1.54) is 11.1 Å². The average Bonchev–Trinajstić information content (AvgIpc) is 2.40. The van der Waals surface area contributed by atoms with Gasteiger partial charge in [-0.1, -0.05) is 35.0 Å². The first-order chi connectivity index (χ1) is 9.04. The quantitative estimate of drug-likeness (QED) is 0.814. The summed E-state index contributed by atoms with van der Waals surface area (Å²) < 4.78 is 1.16. The van der Waals surface area contributed by atoms with Crippen LogP contribution >= 0.6 is 27.7 Å². The van der Waals surface area contributed by atoms with Crippen LogP contribution in [0.3, 0.4) is 0 Å². The van der Waals surface area contributed by atoms with Crippen molar-refractivity contribution in [2.45, 2.75) is 32.4 Å². The molecule has 1 aromatic carbocycles. The van der Waals surface area contributed by atoms with Crippen LogP contribution in [-0.4, -0.2) is 36.5 Å². The second-order valence-corrected chi connectivity index (χ2v) is 6.71. The number of benzene rings is 1. The average molecular weight is 345 g/mol. The first kappa shape index (κ1) is 17.0. The van der Waals surface area contributed by atoms with Gasteiger partial charge in [0.2, 0.25) is 0 Å². The van der Waals surface area contributed by atoms with E-state index in [4.69, 9.17) is 5.73 Å². The normalized spacial score (nSPS) is 14.7. The van der Waals surface area contributed by atoms with Crippen LogP contribution in [0.1, 0.15) is 30.5 Å². The van der Waals surface area contributed by atoms with Crippen LogP contribution in [0.2, 0.25) is 0 Å². The van der Waals surface area contributed by atoms with Gasteiger partial charge in [-0.3, -0.25) is 4.90 Å². The molecule has 4 heteroatoms. The zero-order valence-corrected chi connectivity index (χ0v) is 14.7. The van der Waals surface area contributed by atoms with Crippen LogP contribution in [0.4, 0.5) is 0 Å². The van der Waals surface area contributed by atoms with Crippen LogP contribution in [0, 0.1) is 6.92 Å². The Morgan fingerprint density at radius 3 is 2.58 bits per heavy atom. The number of nitrogens with two attached hydrogens (primary N) is 1. The Hall–Kier alpha value is -0.0300. The molecular formula is C15H25BrN2S. The summed E-state index contributed by atoms with van der Waals surface area (Å²) in [6.45, 7) is 5.03. The van der Waals surface area contributed by atoms with Gasteiger partial charge in [0.15, 0.2) is 0 Å². The third kappa shape index (κ3) is 4.48. The van der Waals surface area contributed by atoms with Gasteiger partial charge in [0.1, 0.15) is 0 Å². The van der Waals surface area contributed by atoms with Crippen LogP contribution in [-0.2, 0) is 0 Å². The lowest BCUT2D eigenvalue weighted by Gasteiger charge is -2.34. The van der Waals surface area contributed by atoms with Crippen LogP contribution < -0.4 is 5.73 Å². The molecule has 1 aromatic rings. The van der Waals surface area contributed by atoms with Crippen molar-refractivity contribution in [1.29, 1.82) is 0 Å². The van der Waals surface area contributed by atoms with E-state index < -0.39 is 0 Å². The second kappa shape index (κ2) is 8.30. The lowest BCUT2D eigenvalue weighted by Crippen LogP contribution is -2.39. The fourth-order valence-electron chi connectivity index (χ4n) is 2.38. The molecule has 108 valence electrons. The lowest BCUT2D eigenvalue weighted by molar-refractivity contribution is 0.188. The highest BCUT2D eigenvalue weighted by atomic mass is 79.9. The summed E-state index contributed by atoms with van der Waals surface area (Å²) in [7, 11) is 2.19. The molecule has 0 amide bonds. The van der Waals surface area contributed by atoms with Crippen molar-refractivity contribution in [1.82, 2.24) is 4.90 Å². The van der Waals surface area contributed by atoms with Crippen LogP contribution in [0.5, 0.6) is 0 Å². The Labute approximate surface area is 130 Å². The number of halogens is 1. The summed E-state index contributed by atoms with van der Waals surface area (Å²) in [6.07, 6.45) is 3.32. The molecule has 0 radical (unpaired) electrons. The summed E-state index contributed by atoms with van der Waals surface area (Å²) in [6, 6.07) is 7.41. The van der Waals surface area contributed by atoms with Gasteiger partial charge in [-0.25, -0.2) is 0 Å². The van der Waals surface area contributed by atoms with Gasteiger partial charge in [0.05, 0.1) is 0 Å². The summed E-state index contributed by atoms with van der Waals surface area (Å²) in [5.41, 5.74) is 8.60. The lowest BCUT2D eigenvalue weighted by atomic mass is 10.0. The number of hydrogen-bond acceptors (Lipinski definition) is 3. The smallest absolute Gasteiger partial charge is 0.0470 e. The Bertz CT molecular complexity index is 398. The molecule has 0 saturated carbocycles. The Balaban J connectivity index is 2.94. The van der Waals surface area contributed by atoms with Crippen molar-refractivity contribution < 1.29 is 0 Å². The maximum Gasteiger partial charge on any atom is 0.0470 e. The summed E-state index contributed by atoms with van der Waals surface area (Å²) in [5.74, 6) is 1.15. The van der Waals surface area contributed by atoms with Gasteiger partial charge < -0.3 is 5.73 Å². The topological polar surface area (TPSA) is 29.3 Å². The summed E-state index contributed by atoms with van der Waals surface area (Å²) >= 11 is 5.46. The summed E-state index contributed by atoms with van der Waals surface area (Å²) in [5, 5.41) is 0. The van der Waals surface area contributed by atoms with Crippen LogP contribution in [0.15, 0.2) is 22.7 Å². The van der Waals surface area contributed by atoms with Gasteiger partial charge in [0, 0.05) is 28.9 Å². The highest BCUT2D eigenvalue weighted by molar-refractivity contribution is 9.10. The molecule has 2 N–H and O–H groups in total. The molecule has 0 saturated heterocycles. The Kier molecular flexibility index (Phi) is 7.44. The molecule has 0 aliphatic heterocycles. The number of likely N-dealkylation sites (N-methyl/N-ethyl adjacent to an activating group) is 1. The van der Waals surface area contributed by atoms with Crippen molar-refractivity contribution in [2.24, 2.45) is 5.73 Å². The second-order valence-electron chi connectivity index (χ2n) is 4.94. The summed E-state index contributed by atoms with van der Waals surface area (Å²) in [4.78, 5) is 2.43. The molecule has 1 rings (SSSR count). The predicted octanol–water partition coefficient (Wildman–Crippen LogP) is 3.83. The molecule has 2 unspecified atom stereocenters. The SMILES string of the molecule is CCC(CSC)N(C)C(CN)c1ccc(Br)c(C)c1. The first-order valence-corrected chi connectivity index (χ1v) is 8.90. The number of thioether (sulfide) groups is 1. The molecule has 0 aliphatic carbocycles. The van der Waals surface area contributed by atoms with E-state index in [-0.39, 0.29) is 0 Å². The molecule has 0 heterocycles. The van der Waals surface area contributed by atoms with E-state index in [1.807, 2.05) is 11.8 Å². The Morgan fingerprint density at radius 1 is 1.42 bits per heavy atom. The van der Waals surface area contributed by atoms with Crippen molar-refractivity contribution in [2.75, 3.05) is 25.6 Å². The highest BCUT2D eigenvalue weighted by Gasteiger charge is 2.22. The number of nitrogens with zero attached hydrogens (tertiary/aromatic N) is 1.